The van der Waals surface area contributed by atoms with Crippen molar-refractivity contribution in [1.29, 1.82) is 0 Å². The molecule has 1 amide bonds. The molecule has 0 saturated carbocycles. The molecule has 0 unspecified atom stereocenters. The van der Waals surface area contributed by atoms with Crippen LogP contribution in [-0.4, -0.2) is 30.6 Å². The zero-order valence-corrected chi connectivity index (χ0v) is 12.1. The van der Waals surface area contributed by atoms with Gasteiger partial charge in [-0.05, 0) is 32.2 Å². The third-order valence-electron chi connectivity index (χ3n) is 2.73. The van der Waals surface area contributed by atoms with E-state index in [0.29, 0.717) is 23.5 Å². The predicted molar refractivity (Wildman–Crippen MR) is 77.3 cm³/mol. The van der Waals surface area contributed by atoms with Crippen LogP contribution in [0.1, 0.15) is 24.2 Å². The highest BCUT2D eigenvalue weighted by atomic mass is 32.2. The molecule has 0 saturated heterocycles. The largest absolute Gasteiger partial charge is 0.496 e. The molecule has 5 heteroatoms. The van der Waals surface area contributed by atoms with Crippen LogP contribution in [0.3, 0.4) is 0 Å². The van der Waals surface area contributed by atoms with Crippen LogP contribution in [0.4, 0.5) is 5.69 Å². The standard InChI is InChI=1S/C13H20N2O2S/c1-13(2,18-4)8-15-12(16)11-9(14)6-5-7-10(11)17-3/h5-7H,8,14H2,1-4H3,(H,15,16). The summed E-state index contributed by atoms with van der Waals surface area (Å²) in [7, 11) is 1.53. The van der Waals surface area contributed by atoms with Gasteiger partial charge in [-0.15, -0.1) is 0 Å². The highest BCUT2D eigenvalue weighted by Gasteiger charge is 2.20. The first-order valence-electron chi connectivity index (χ1n) is 5.67. The Morgan fingerprint density at radius 1 is 1.50 bits per heavy atom. The highest BCUT2D eigenvalue weighted by molar-refractivity contribution is 7.99. The van der Waals surface area contributed by atoms with Gasteiger partial charge in [0.05, 0.1) is 7.11 Å². The number of hydrogen-bond acceptors (Lipinski definition) is 4. The van der Waals surface area contributed by atoms with Crippen LogP contribution in [0.5, 0.6) is 5.75 Å². The van der Waals surface area contributed by atoms with Gasteiger partial charge >= 0.3 is 0 Å². The maximum absolute atomic E-state index is 12.1. The smallest absolute Gasteiger partial charge is 0.257 e. The first-order chi connectivity index (χ1) is 8.41. The Hall–Kier alpha value is -1.36. The topological polar surface area (TPSA) is 64.3 Å². The Morgan fingerprint density at radius 2 is 2.17 bits per heavy atom. The molecule has 0 aliphatic heterocycles. The monoisotopic (exact) mass is 268 g/mol. The Balaban J connectivity index is 2.85. The van der Waals surface area contributed by atoms with Crippen LogP contribution in [0.25, 0.3) is 0 Å². The molecule has 18 heavy (non-hydrogen) atoms. The number of hydrogen-bond donors (Lipinski definition) is 2. The first kappa shape index (κ1) is 14.7. The van der Waals surface area contributed by atoms with Gasteiger partial charge in [0.1, 0.15) is 11.3 Å². The summed E-state index contributed by atoms with van der Waals surface area (Å²) in [5, 5.41) is 2.89. The van der Waals surface area contributed by atoms with Crippen molar-refractivity contribution in [2.45, 2.75) is 18.6 Å². The van der Waals surface area contributed by atoms with Crippen molar-refractivity contribution in [2.75, 3.05) is 25.6 Å². The number of methoxy groups -OCH3 is 1. The summed E-state index contributed by atoms with van der Waals surface area (Å²) < 4.78 is 5.15. The number of nitrogen functional groups attached to an aromatic ring is 1. The van der Waals surface area contributed by atoms with E-state index in [0.717, 1.165) is 0 Å². The lowest BCUT2D eigenvalue weighted by atomic mass is 10.1. The van der Waals surface area contributed by atoms with Gasteiger partial charge in [-0.1, -0.05) is 6.07 Å². The summed E-state index contributed by atoms with van der Waals surface area (Å²) in [4.78, 5) is 12.1. The number of thioether (sulfide) groups is 1. The average molecular weight is 268 g/mol. The number of benzene rings is 1. The Morgan fingerprint density at radius 3 is 2.72 bits per heavy atom. The van der Waals surface area contributed by atoms with E-state index in [-0.39, 0.29) is 10.7 Å². The number of nitrogens with one attached hydrogen (secondary N) is 1. The molecule has 0 aliphatic carbocycles. The van der Waals surface area contributed by atoms with E-state index in [2.05, 4.69) is 19.2 Å². The fraction of sp³-hybridized carbons (Fsp3) is 0.462. The third kappa shape index (κ3) is 3.57. The van der Waals surface area contributed by atoms with Gasteiger partial charge in [0, 0.05) is 17.0 Å². The number of nitrogens with two attached hydrogens (primary N) is 1. The third-order valence-corrected chi connectivity index (χ3v) is 3.98. The molecule has 100 valence electrons. The molecule has 0 aliphatic rings. The second-order valence-electron chi connectivity index (χ2n) is 4.57. The van der Waals surface area contributed by atoms with Crippen molar-refractivity contribution < 1.29 is 9.53 Å². The maximum Gasteiger partial charge on any atom is 0.257 e. The number of carbonyl (C=O) groups excluding carboxylic acids is 1. The number of anilines is 1. The molecule has 0 atom stereocenters. The minimum atomic E-state index is -0.202. The van der Waals surface area contributed by atoms with Gasteiger partial charge in [0.2, 0.25) is 0 Å². The van der Waals surface area contributed by atoms with Crippen LogP contribution >= 0.6 is 11.8 Å². The summed E-state index contributed by atoms with van der Waals surface area (Å²) in [5.41, 5.74) is 6.65. The zero-order valence-electron chi connectivity index (χ0n) is 11.2. The van der Waals surface area contributed by atoms with E-state index in [1.165, 1.54) is 7.11 Å². The second kappa shape index (κ2) is 6.00. The van der Waals surface area contributed by atoms with Gasteiger partial charge in [0.25, 0.3) is 5.91 Å². The molecule has 0 bridgehead atoms. The molecule has 1 aromatic rings. The SMILES string of the molecule is COc1cccc(N)c1C(=O)NCC(C)(C)SC. The molecule has 1 aromatic carbocycles. The summed E-state index contributed by atoms with van der Waals surface area (Å²) in [6.07, 6.45) is 2.02. The molecule has 0 fully saturated rings. The van der Waals surface area contributed by atoms with Gasteiger partial charge in [-0.25, -0.2) is 0 Å². The van der Waals surface area contributed by atoms with E-state index in [1.807, 2.05) is 6.26 Å². The first-order valence-corrected chi connectivity index (χ1v) is 6.89. The predicted octanol–water partition coefficient (Wildman–Crippen LogP) is 2.15. The Labute approximate surface area is 112 Å². The second-order valence-corrected chi connectivity index (χ2v) is 6.08. The molecule has 0 heterocycles. The number of rotatable bonds is 5. The van der Waals surface area contributed by atoms with Crippen molar-refractivity contribution in [3.05, 3.63) is 23.8 Å². The van der Waals surface area contributed by atoms with E-state index in [9.17, 15) is 4.79 Å². The van der Waals surface area contributed by atoms with Crippen LogP contribution in [-0.2, 0) is 0 Å². The molecular formula is C13H20N2O2S. The van der Waals surface area contributed by atoms with Crippen LogP contribution in [0, 0.1) is 0 Å². The lowest BCUT2D eigenvalue weighted by Crippen LogP contribution is -2.36. The summed E-state index contributed by atoms with van der Waals surface area (Å²) >= 11 is 1.70. The van der Waals surface area contributed by atoms with Gasteiger partial charge in [-0.2, -0.15) is 11.8 Å². The molecule has 4 nitrogen and oxygen atoms in total. The van der Waals surface area contributed by atoms with E-state index in [4.69, 9.17) is 10.5 Å². The van der Waals surface area contributed by atoms with E-state index in [1.54, 1.807) is 30.0 Å². The minimum Gasteiger partial charge on any atom is -0.496 e. The number of amides is 1. The van der Waals surface area contributed by atoms with Crippen molar-refractivity contribution in [1.82, 2.24) is 5.32 Å². The average Bonchev–Trinajstić information content (AvgIpc) is 2.35. The fourth-order valence-electron chi connectivity index (χ4n) is 1.41. The molecule has 1 rings (SSSR count). The normalized spacial score (nSPS) is 11.1. The highest BCUT2D eigenvalue weighted by Crippen LogP contribution is 2.25. The van der Waals surface area contributed by atoms with Crippen LogP contribution in [0.15, 0.2) is 18.2 Å². The molecule has 3 N–H and O–H groups in total. The number of carbonyl (C=O) groups is 1. The summed E-state index contributed by atoms with van der Waals surface area (Å²) in [5.74, 6) is 0.293. The van der Waals surface area contributed by atoms with Gasteiger partial charge in [-0.3, -0.25) is 4.79 Å². The Bertz CT molecular complexity index is 433. The molecule has 0 spiro atoms. The quantitative estimate of drug-likeness (QED) is 0.803. The van der Waals surface area contributed by atoms with Crippen molar-refractivity contribution in [3.8, 4) is 5.75 Å². The van der Waals surface area contributed by atoms with Crippen LogP contribution < -0.4 is 15.8 Å². The lowest BCUT2D eigenvalue weighted by Gasteiger charge is -2.22. The summed E-state index contributed by atoms with van der Waals surface area (Å²) in [6, 6.07) is 5.18. The Kier molecular flexibility index (Phi) is 4.90. The molecule has 0 radical (unpaired) electrons. The minimum absolute atomic E-state index is 0.00750. The lowest BCUT2D eigenvalue weighted by molar-refractivity contribution is 0.0948. The van der Waals surface area contributed by atoms with E-state index < -0.39 is 0 Å². The van der Waals surface area contributed by atoms with Crippen molar-refractivity contribution >= 4 is 23.4 Å². The number of ether oxygens (including phenoxy) is 1. The van der Waals surface area contributed by atoms with Crippen LogP contribution in [0.2, 0.25) is 0 Å². The maximum atomic E-state index is 12.1. The fourth-order valence-corrected chi connectivity index (χ4v) is 1.63. The van der Waals surface area contributed by atoms with Crippen molar-refractivity contribution in [2.24, 2.45) is 0 Å². The van der Waals surface area contributed by atoms with Gasteiger partial charge in [0.15, 0.2) is 0 Å². The van der Waals surface area contributed by atoms with Gasteiger partial charge < -0.3 is 15.8 Å². The molecular weight excluding hydrogens is 248 g/mol. The van der Waals surface area contributed by atoms with Crippen molar-refractivity contribution in [3.63, 3.8) is 0 Å². The molecule has 0 aromatic heterocycles. The zero-order chi connectivity index (χ0) is 13.8. The van der Waals surface area contributed by atoms with E-state index >= 15 is 0 Å². The summed E-state index contributed by atoms with van der Waals surface area (Å²) in [6.45, 7) is 4.72.